The molecule has 4 nitrogen and oxygen atoms in total. The fourth-order valence-corrected chi connectivity index (χ4v) is 7.95. The van der Waals surface area contributed by atoms with Crippen LogP contribution in [0.25, 0.3) is 72.4 Å². The van der Waals surface area contributed by atoms with E-state index in [0.29, 0.717) is 39.4 Å². The van der Waals surface area contributed by atoms with Crippen molar-refractivity contribution < 1.29 is 36.9 Å². The van der Waals surface area contributed by atoms with Crippen LogP contribution in [0.3, 0.4) is 0 Å². The molecule has 0 spiro atoms. The first-order valence-corrected chi connectivity index (χ1v) is 21.5. The first-order valence-electron chi connectivity index (χ1n) is 26.0. The number of para-hydroxylation sites is 3. The Hall–Kier alpha value is -5.61. The van der Waals surface area contributed by atoms with Crippen molar-refractivity contribution >= 4 is 33.0 Å². The van der Waals surface area contributed by atoms with Crippen LogP contribution in [-0.2, 0) is 32.9 Å². The maximum Gasteiger partial charge on any atom is 0.121 e. The number of aromatic nitrogens is 3. The van der Waals surface area contributed by atoms with Gasteiger partial charge >= 0.3 is 0 Å². The van der Waals surface area contributed by atoms with Crippen molar-refractivity contribution in [1.82, 2.24) is 14.5 Å². The minimum absolute atomic E-state index is 0. The molecule has 0 saturated heterocycles. The predicted octanol–water partition coefficient (Wildman–Crippen LogP) is 16.3. The molecule has 1 radical (unpaired) electrons. The molecule has 5 heteroatoms. The Kier molecular flexibility index (Phi) is 10.5. The predicted molar refractivity (Wildman–Crippen MR) is 266 cm³/mol. The fraction of sp³-hybridized carbons (Fsp3) is 0.288. The summed E-state index contributed by atoms with van der Waals surface area (Å²) >= 11 is 0. The zero-order chi connectivity index (χ0) is 52.6. The smallest absolute Gasteiger partial charge is 0.121 e. The molecule has 6 aromatic carbocycles. The van der Waals surface area contributed by atoms with Gasteiger partial charge in [0.25, 0.3) is 0 Å². The monoisotopic (exact) mass is 1030 g/mol. The summed E-state index contributed by atoms with van der Waals surface area (Å²) in [5, 5.41) is 1.91. The minimum Gasteiger partial charge on any atom is -0.501 e. The van der Waals surface area contributed by atoms with Crippen molar-refractivity contribution in [3.63, 3.8) is 0 Å². The Morgan fingerprint density at radius 2 is 1.41 bits per heavy atom. The number of nitrogens with zero attached hydrogens (tertiary/aromatic N) is 3. The number of rotatable bonds is 8. The number of pyridine rings is 1. The molecule has 0 N–H and O–H groups in total. The van der Waals surface area contributed by atoms with Crippen molar-refractivity contribution in [2.24, 2.45) is 10.8 Å². The largest absolute Gasteiger partial charge is 0.501 e. The van der Waals surface area contributed by atoms with E-state index in [4.69, 9.17) is 21.7 Å². The molecule has 0 amide bonds. The zero-order valence-electron chi connectivity index (χ0n) is 47.3. The maximum absolute atomic E-state index is 9.13. The van der Waals surface area contributed by atoms with Gasteiger partial charge in [-0.3, -0.25) is 4.98 Å². The van der Waals surface area contributed by atoms with E-state index in [1.165, 1.54) is 12.1 Å². The van der Waals surface area contributed by atoms with E-state index in [1.807, 2.05) is 154 Å². The topological polar surface area (TPSA) is 43.9 Å². The van der Waals surface area contributed by atoms with Crippen LogP contribution in [0.4, 0.5) is 0 Å². The third kappa shape index (κ3) is 10.2. The Morgan fingerprint density at radius 3 is 2.06 bits per heavy atom. The van der Waals surface area contributed by atoms with E-state index < -0.39 is 42.2 Å². The molecule has 64 heavy (non-hydrogen) atoms. The molecular formula is C59H61IrN3O-2. The second kappa shape index (κ2) is 18.9. The maximum atomic E-state index is 9.13. The molecule has 0 unspecified atom stereocenters. The van der Waals surface area contributed by atoms with Crippen LogP contribution in [-0.4, -0.2) is 14.5 Å². The van der Waals surface area contributed by atoms with Gasteiger partial charge in [0.05, 0.1) is 22.4 Å². The molecule has 0 aliphatic rings. The number of furan rings is 1. The van der Waals surface area contributed by atoms with Gasteiger partial charge in [-0.05, 0) is 93.1 Å². The molecule has 329 valence electrons. The minimum atomic E-state index is -2.16. The van der Waals surface area contributed by atoms with Crippen molar-refractivity contribution in [2.45, 2.75) is 101 Å². The van der Waals surface area contributed by atoms with E-state index in [1.54, 1.807) is 24.4 Å². The molecule has 9 aromatic rings. The van der Waals surface area contributed by atoms with Crippen LogP contribution in [0.15, 0.2) is 138 Å². The van der Waals surface area contributed by atoms with E-state index in [-0.39, 0.29) is 25.7 Å². The van der Waals surface area contributed by atoms with Crippen LogP contribution in [0.1, 0.15) is 121 Å². The van der Waals surface area contributed by atoms with Crippen LogP contribution in [0.2, 0.25) is 0 Å². The molecular weight excluding hydrogens is 959 g/mol. The van der Waals surface area contributed by atoms with Crippen molar-refractivity contribution in [2.75, 3.05) is 0 Å². The first kappa shape index (κ1) is 35.7. The van der Waals surface area contributed by atoms with Gasteiger partial charge in [0, 0.05) is 49.7 Å². The number of fused-ring (bicyclic) bond motifs is 4. The molecule has 3 aromatic heterocycles. The molecule has 0 bridgehead atoms. The summed E-state index contributed by atoms with van der Waals surface area (Å²) in [7, 11) is 0. The molecule has 0 aliphatic heterocycles. The van der Waals surface area contributed by atoms with Crippen LogP contribution in [0, 0.1) is 29.8 Å². The van der Waals surface area contributed by atoms with E-state index in [2.05, 4.69) is 33.8 Å². The van der Waals surface area contributed by atoms with Gasteiger partial charge in [0.2, 0.25) is 0 Å². The molecule has 0 aliphatic carbocycles. The number of hydrogen-bond donors (Lipinski definition) is 0. The Morgan fingerprint density at radius 1 is 0.719 bits per heavy atom. The van der Waals surface area contributed by atoms with E-state index in [0.717, 1.165) is 55.3 Å². The van der Waals surface area contributed by atoms with Crippen LogP contribution >= 0.6 is 0 Å². The van der Waals surface area contributed by atoms with Gasteiger partial charge in [0.15, 0.2) is 0 Å². The van der Waals surface area contributed by atoms with Gasteiger partial charge in [0.1, 0.15) is 5.58 Å². The van der Waals surface area contributed by atoms with E-state index >= 15 is 0 Å². The fourth-order valence-electron chi connectivity index (χ4n) is 7.95. The summed E-state index contributed by atoms with van der Waals surface area (Å²) in [4.78, 5) is 9.41. The average Bonchev–Trinajstić information content (AvgIpc) is 3.88. The number of hydrogen-bond acceptors (Lipinski definition) is 3. The summed E-state index contributed by atoms with van der Waals surface area (Å²) in [6, 6.07) is 46.1. The molecule has 0 fully saturated rings. The summed E-state index contributed by atoms with van der Waals surface area (Å²) in [6.45, 7) is 16.7. The van der Waals surface area contributed by atoms with E-state index in [9.17, 15) is 0 Å². The summed E-state index contributed by atoms with van der Waals surface area (Å²) < 4.78 is 83.2. The molecule has 3 heterocycles. The van der Waals surface area contributed by atoms with Crippen LogP contribution in [0.5, 0.6) is 0 Å². The molecule has 0 atom stereocenters. The van der Waals surface area contributed by atoms with Gasteiger partial charge in [-0.2, -0.15) is 0 Å². The summed E-state index contributed by atoms with van der Waals surface area (Å²) in [6.07, 6.45) is -1.41. The molecule has 9 rings (SSSR count). The normalized spacial score (nSPS) is 15.0. The first-order chi connectivity index (χ1) is 33.4. The second-order valence-corrected chi connectivity index (χ2v) is 18.6. The van der Waals surface area contributed by atoms with Gasteiger partial charge in [-0.25, -0.2) is 0 Å². The summed E-state index contributed by atoms with van der Waals surface area (Å²) in [5.74, 6) is -1.26. The summed E-state index contributed by atoms with van der Waals surface area (Å²) in [5.41, 5.74) is 9.67. The van der Waals surface area contributed by atoms with Gasteiger partial charge in [-0.15, -0.1) is 53.6 Å². The van der Waals surface area contributed by atoms with Gasteiger partial charge in [-0.1, -0.05) is 165 Å². The standard InChI is InChI=1S/C42H41N2O.C17H20N.Ir/c1-26(2)31-12-10-13-32(27(3)4)39(31)44-37-17-9-8-16-36(37)43-41(44)35-15-11-14-34-33-23-22-30(24-38(33)45-40(34)35)29-20-18-28(19-21-29)25-42(5,6)7;1-13-5-7-15(8-6-13)16-11-14(9-10-18-16)12-17(2,3)4;/h8-14,16-24,26-27H,25H2,1-7H3;5-7,9-11H,12H2,1-4H3;/q2*-1;/i25D2,26D,27D;1D3,12D2;. The second-order valence-electron chi connectivity index (χ2n) is 18.6. The quantitative estimate of drug-likeness (QED) is 0.142. The van der Waals surface area contributed by atoms with Crippen molar-refractivity contribution in [3.05, 3.63) is 174 Å². The van der Waals surface area contributed by atoms with Crippen molar-refractivity contribution in [1.29, 1.82) is 0 Å². The third-order valence-electron chi connectivity index (χ3n) is 10.7. The van der Waals surface area contributed by atoms with Crippen molar-refractivity contribution in [3.8, 4) is 39.5 Å². The number of imidazole rings is 1. The average molecular weight is 1030 g/mol. The third-order valence-corrected chi connectivity index (χ3v) is 10.7. The zero-order valence-corrected chi connectivity index (χ0v) is 40.7. The number of aryl methyl sites for hydroxylation is 1. The van der Waals surface area contributed by atoms with Gasteiger partial charge < -0.3 is 14.0 Å². The number of benzene rings is 6. The van der Waals surface area contributed by atoms with Crippen LogP contribution < -0.4 is 0 Å². The SMILES string of the molecule is [2H]C(C)(C)c1cccc(C([2H])(C)C)c1-n1c(-c2[c-]ccc3c2oc2cc(-c4ccc(C([2H])([2H])C(C)(C)C)cc4)ccc23)nc2ccccc21.[2H]C([2H])([2H])c1c[c-]c(-c2cc(C([2H])([2H])C(C)(C)C)ccn2)cc1.[Ir]. The Balaban J connectivity index is 0.000000274. The molecule has 0 saturated carbocycles. The Bertz CT molecular complexity index is 3410. The Labute approximate surface area is 407 Å².